The van der Waals surface area contributed by atoms with E-state index in [9.17, 15) is 34.1 Å². The van der Waals surface area contributed by atoms with Crippen molar-refractivity contribution in [1.82, 2.24) is 10.2 Å². The van der Waals surface area contributed by atoms with Gasteiger partial charge < -0.3 is 19.6 Å². The minimum Gasteiger partial charge on any atom is -0.484 e. The summed E-state index contributed by atoms with van der Waals surface area (Å²) in [5, 5.41) is 12.1. The van der Waals surface area contributed by atoms with Crippen LogP contribution in [-0.4, -0.2) is 63.6 Å². The second-order valence-corrected chi connectivity index (χ2v) is 8.20. The van der Waals surface area contributed by atoms with Crippen molar-refractivity contribution >= 4 is 47.4 Å². The number of thioether (sulfide) groups is 1. The van der Waals surface area contributed by atoms with E-state index >= 15 is 0 Å². The Morgan fingerprint density at radius 2 is 1.80 bits per heavy atom. The molecule has 2 aromatic carbocycles. The minimum absolute atomic E-state index is 0.0908. The van der Waals surface area contributed by atoms with E-state index in [1.54, 1.807) is 30.3 Å². The van der Waals surface area contributed by atoms with E-state index in [2.05, 4.69) is 5.32 Å². The third kappa shape index (κ3) is 6.41. The van der Waals surface area contributed by atoms with Gasteiger partial charge in [0.2, 0.25) is 0 Å². The molecule has 2 aromatic rings. The van der Waals surface area contributed by atoms with Crippen molar-refractivity contribution in [2.45, 2.75) is 18.0 Å². The van der Waals surface area contributed by atoms with E-state index in [1.807, 2.05) is 0 Å². The van der Waals surface area contributed by atoms with Gasteiger partial charge in [-0.2, -0.15) is 0 Å². The van der Waals surface area contributed by atoms with Gasteiger partial charge in [0, 0.05) is 12.1 Å². The van der Waals surface area contributed by atoms with Gasteiger partial charge in [-0.25, -0.2) is 4.79 Å². The van der Waals surface area contributed by atoms with Crippen molar-refractivity contribution in [2.24, 2.45) is 0 Å². The zero-order chi connectivity index (χ0) is 25.4. The zero-order valence-corrected chi connectivity index (χ0v) is 18.8. The summed E-state index contributed by atoms with van der Waals surface area (Å²) in [5.41, 5.74) is 0.238. The molecule has 3 rings (SSSR count). The van der Waals surface area contributed by atoms with Crippen LogP contribution in [0.3, 0.4) is 0 Å². The third-order valence-electron chi connectivity index (χ3n) is 4.72. The molecule has 2 atom stereocenters. The maximum Gasteiger partial charge on any atom is 0.397 e. The van der Waals surface area contributed by atoms with Crippen LogP contribution in [0.25, 0.3) is 0 Å². The number of nitrogens with one attached hydrogen (secondary N) is 1. The molecule has 0 aliphatic carbocycles. The molecule has 1 fully saturated rings. The molecule has 1 aliphatic rings. The fraction of sp³-hybridized carbons (Fsp3) is 0.227. The summed E-state index contributed by atoms with van der Waals surface area (Å²) in [5.74, 6) is -3.69. The number of nitrogens with zero attached hydrogens (tertiary/aromatic N) is 2. The first kappa shape index (κ1) is 25.4. The first-order chi connectivity index (χ1) is 16.8. The maximum absolute atomic E-state index is 12.5. The van der Waals surface area contributed by atoms with E-state index in [0.29, 0.717) is 22.5 Å². The third-order valence-corrected chi connectivity index (χ3v) is 5.87. The molecule has 0 spiro atoms. The summed E-state index contributed by atoms with van der Waals surface area (Å²) >= 11 is 0.893. The quantitative estimate of drug-likeness (QED) is 0.123. The number of para-hydroxylation sites is 1. The number of non-ortho nitro benzene ring substituents is 1. The van der Waals surface area contributed by atoms with E-state index in [-0.39, 0.29) is 24.7 Å². The lowest BCUT2D eigenvalue weighted by Gasteiger charge is -2.44. The van der Waals surface area contributed by atoms with Crippen molar-refractivity contribution < 1.29 is 38.4 Å². The maximum atomic E-state index is 12.5. The molecule has 1 heterocycles. The van der Waals surface area contributed by atoms with Gasteiger partial charge >= 0.3 is 11.9 Å². The molecule has 0 unspecified atom stereocenters. The highest BCUT2D eigenvalue weighted by atomic mass is 32.2. The van der Waals surface area contributed by atoms with E-state index in [0.717, 1.165) is 11.8 Å². The molecule has 35 heavy (non-hydrogen) atoms. The smallest absolute Gasteiger partial charge is 0.397 e. The minimum atomic E-state index is -1.33. The van der Waals surface area contributed by atoms with Gasteiger partial charge in [-0.15, -0.1) is 11.8 Å². The Morgan fingerprint density at radius 3 is 2.43 bits per heavy atom. The molecule has 3 amide bonds. The lowest BCUT2D eigenvalue weighted by molar-refractivity contribution is -0.384. The molecule has 0 radical (unpaired) electrons. The second-order valence-electron chi connectivity index (χ2n) is 7.05. The molecule has 0 bridgehead atoms. The number of nitro groups is 1. The number of carbonyl (C=O) groups is 5. The van der Waals surface area contributed by atoms with Gasteiger partial charge in [-0.3, -0.25) is 29.4 Å². The zero-order valence-electron chi connectivity index (χ0n) is 18.0. The van der Waals surface area contributed by atoms with Gasteiger partial charge in [-0.1, -0.05) is 18.2 Å². The first-order valence-electron chi connectivity index (χ1n) is 10.1. The summed E-state index contributed by atoms with van der Waals surface area (Å²) < 4.78 is 10.2. The van der Waals surface area contributed by atoms with Crippen LogP contribution in [0.4, 0.5) is 5.69 Å². The summed E-state index contributed by atoms with van der Waals surface area (Å²) in [6.07, 6.45) is 0.556. The van der Waals surface area contributed by atoms with Gasteiger partial charge in [-0.05, 0) is 29.8 Å². The van der Waals surface area contributed by atoms with Crippen LogP contribution in [0.1, 0.15) is 5.56 Å². The molecular formula is C22H19N3O9S. The Morgan fingerprint density at radius 1 is 1.11 bits per heavy atom. The molecule has 0 saturated carbocycles. The number of β-lactam (4-membered cyclic amide) rings is 1. The van der Waals surface area contributed by atoms with Crippen molar-refractivity contribution in [2.75, 3.05) is 12.4 Å². The number of benzene rings is 2. The van der Waals surface area contributed by atoms with Gasteiger partial charge in [0.1, 0.15) is 30.1 Å². The van der Waals surface area contributed by atoms with Crippen molar-refractivity contribution in [3.8, 4) is 5.75 Å². The van der Waals surface area contributed by atoms with E-state index in [1.165, 1.54) is 24.3 Å². The number of nitro benzene ring substituents is 1. The number of amides is 3. The highest BCUT2D eigenvalue weighted by Crippen LogP contribution is 2.30. The van der Waals surface area contributed by atoms with Crippen molar-refractivity contribution in [1.29, 1.82) is 0 Å². The van der Waals surface area contributed by atoms with Crippen LogP contribution in [0.2, 0.25) is 0 Å². The Bertz CT molecular complexity index is 1120. The predicted molar refractivity (Wildman–Crippen MR) is 121 cm³/mol. The fourth-order valence-corrected chi connectivity index (χ4v) is 4.03. The molecule has 0 aromatic heterocycles. The standard InChI is InChI=1S/C22H19N3O9S/c26-10-11-35-21-18(23-17(27)13-33-16-4-2-1-3-5-16)19(28)24(21)20(29)22(30)34-12-14-6-8-15(9-7-14)25(31)32/h1-10,18,21H,11-13H2,(H,23,27)/t18-,21-/m1/s1. The Hall–Kier alpha value is -4.26. The van der Waals surface area contributed by atoms with E-state index < -0.39 is 40.0 Å². The Labute approximate surface area is 202 Å². The SMILES string of the molecule is O=CCS[C@@H]1[C@H](NC(=O)COc2ccccc2)C(=O)N1C(=O)C(=O)OCc1ccc([N+](=O)[O-])cc1. The average Bonchev–Trinajstić information content (AvgIpc) is 2.87. The summed E-state index contributed by atoms with van der Waals surface area (Å²) in [7, 11) is 0. The number of esters is 1. The molecule has 1 N–H and O–H groups in total. The Kier molecular flexibility index (Phi) is 8.51. The van der Waals surface area contributed by atoms with Gasteiger partial charge in [0.15, 0.2) is 6.61 Å². The number of ether oxygens (including phenoxy) is 2. The lowest BCUT2D eigenvalue weighted by Crippen LogP contribution is -2.72. The second kappa shape index (κ2) is 11.7. The first-order valence-corrected chi connectivity index (χ1v) is 11.2. The van der Waals surface area contributed by atoms with Crippen LogP contribution < -0.4 is 10.1 Å². The topological polar surface area (TPSA) is 162 Å². The highest BCUT2D eigenvalue weighted by molar-refractivity contribution is 8.00. The number of likely N-dealkylation sites (tertiary alicyclic amines) is 1. The van der Waals surface area contributed by atoms with Gasteiger partial charge in [0.25, 0.3) is 17.5 Å². The van der Waals surface area contributed by atoms with Gasteiger partial charge in [0.05, 0.1) is 10.7 Å². The molecule has 1 saturated heterocycles. The normalized spacial score (nSPS) is 16.6. The molecule has 182 valence electrons. The summed E-state index contributed by atoms with van der Waals surface area (Å²) in [6.45, 7) is -0.738. The number of carbonyl (C=O) groups excluding carboxylic acids is 5. The number of hydrogen-bond donors (Lipinski definition) is 1. The number of rotatable bonds is 10. The van der Waals surface area contributed by atoms with Crippen molar-refractivity contribution in [3.63, 3.8) is 0 Å². The fourth-order valence-electron chi connectivity index (χ4n) is 3.03. The largest absolute Gasteiger partial charge is 0.484 e. The molecule has 13 heteroatoms. The average molecular weight is 501 g/mol. The summed E-state index contributed by atoms with van der Waals surface area (Å²) in [4.78, 5) is 71.0. The van der Waals surface area contributed by atoms with Crippen LogP contribution in [0.15, 0.2) is 54.6 Å². The number of hydrogen-bond acceptors (Lipinski definition) is 10. The highest BCUT2D eigenvalue weighted by Gasteiger charge is 2.53. The molecule has 12 nitrogen and oxygen atoms in total. The predicted octanol–water partition coefficient (Wildman–Crippen LogP) is 0.829. The molecular weight excluding hydrogens is 482 g/mol. The number of imide groups is 1. The summed E-state index contributed by atoms with van der Waals surface area (Å²) in [6, 6.07) is 12.5. The molecule has 1 aliphatic heterocycles. The monoisotopic (exact) mass is 501 g/mol. The van der Waals surface area contributed by atoms with Crippen LogP contribution in [0, 0.1) is 10.1 Å². The number of aldehydes is 1. The van der Waals surface area contributed by atoms with Crippen LogP contribution >= 0.6 is 11.8 Å². The van der Waals surface area contributed by atoms with Crippen molar-refractivity contribution in [3.05, 3.63) is 70.3 Å². The van der Waals surface area contributed by atoms with Crippen LogP contribution in [0.5, 0.6) is 5.75 Å². The van der Waals surface area contributed by atoms with E-state index in [4.69, 9.17) is 9.47 Å². The Balaban J connectivity index is 1.56. The lowest BCUT2D eigenvalue weighted by atomic mass is 10.1. The van der Waals surface area contributed by atoms with Crippen LogP contribution in [-0.2, 0) is 35.3 Å².